The fourth-order valence-electron chi connectivity index (χ4n) is 2.33. The van der Waals surface area contributed by atoms with E-state index in [9.17, 15) is 5.11 Å². The summed E-state index contributed by atoms with van der Waals surface area (Å²) in [4.78, 5) is 4.55. The number of phenolic OH excluding ortho intramolecular Hbond substituents is 1. The molecule has 0 aliphatic rings. The normalized spacial score (nSPS) is 11.1. The van der Waals surface area contributed by atoms with E-state index in [1.807, 2.05) is 30.3 Å². The third kappa shape index (κ3) is 4.75. The number of phenols is 1. The Bertz CT molecular complexity index is 590. The van der Waals surface area contributed by atoms with Gasteiger partial charge < -0.3 is 5.11 Å². The van der Waals surface area contributed by atoms with Gasteiger partial charge in [-0.2, -0.15) is 0 Å². The average molecular weight is 281 g/mol. The minimum Gasteiger partial charge on any atom is -0.507 e. The van der Waals surface area contributed by atoms with Crippen molar-refractivity contribution >= 4 is 11.9 Å². The molecule has 2 aromatic carbocycles. The lowest BCUT2D eigenvalue weighted by atomic mass is 10.0. The van der Waals surface area contributed by atoms with Crippen molar-refractivity contribution in [1.82, 2.24) is 0 Å². The first-order valence-corrected chi connectivity index (χ1v) is 7.71. The molecule has 110 valence electrons. The van der Waals surface area contributed by atoms with Crippen LogP contribution in [0.5, 0.6) is 5.75 Å². The molecule has 0 unspecified atom stereocenters. The van der Waals surface area contributed by atoms with Gasteiger partial charge in [0.15, 0.2) is 0 Å². The third-order valence-electron chi connectivity index (χ3n) is 3.57. The van der Waals surface area contributed by atoms with E-state index in [0.29, 0.717) is 0 Å². The Balaban J connectivity index is 2.07. The molecule has 0 atom stereocenters. The van der Waals surface area contributed by atoms with Crippen molar-refractivity contribution in [1.29, 1.82) is 0 Å². The highest BCUT2D eigenvalue weighted by molar-refractivity contribution is 5.85. The maximum absolute atomic E-state index is 9.77. The van der Waals surface area contributed by atoms with Crippen molar-refractivity contribution in [2.24, 2.45) is 4.99 Å². The highest BCUT2D eigenvalue weighted by Crippen LogP contribution is 2.22. The molecular formula is C19H23NO. The average Bonchev–Trinajstić information content (AvgIpc) is 2.52. The minimum atomic E-state index is 0.265. The number of para-hydroxylation sites is 2. The zero-order valence-corrected chi connectivity index (χ0v) is 12.6. The summed E-state index contributed by atoms with van der Waals surface area (Å²) < 4.78 is 0. The van der Waals surface area contributed by atoms with Crippen molar-refractivity contribution < 1.29 is 5.11 Å². The molecular weight excluding hydrogens is 258 g/mol. The van der Waals surface area contributed by atoms with Crippen molar-refractivity contribution in [2.45, 2.75) is 39.0 Å². The van der Waals surface area contributed by atoms with Gasteiger partial charge in [-0.05, 0) is 36.6 Å². The summed E-state index contributed by atoms with van der Waals surface area (Å²) in [6, 6.07) is 15.5. The first-order valence-electron chi connectivity index (χ1n) is 7.71. The highest BCUT2D eigenvalue weighted by atomic mass is 16.3. The van der Waals surface area contributed by atoms with Crippen molar-refractivity contribution in [3.63, 3.8) is 0 Å². The van der Waals surface area contributed by atoms with Gasteiger partial charge in [0.25, 0.3) is 0 Å². The second kappa shape index (κ2) is 8.25. The largest absolute Gasteiger partial charge is 0.507 e. The molecule has 0 radical (unpaired) electrons. The van der Waals surface area contributed by atoms with E-state index in [-0.39, 0.29) is 5.75 Å². The maximum Gasteiger partial charge on any atom is 0.124 e. The van der Waals surface area contributed by atoms with Crippen LogP contribution in [0.3, 0.4) is 0 Å². The standard InChI is InChI=1S/C19H23NO/c1-2-3-4-5-10-16-11-6-8-13-18(16)20-15-17-12-7-9-14-19(17)21/h6-9,11-15,21H,2-5,10H2,1H3. The predicted octanol–water partition coefficient (Wildman–Crippen LogP) is 5.27. The molecule has 2 nitrogen and oxygen atoms in total. The second-order valence-electron chi connectivity index (χ2n) is 5.26. The van der Waals surface area contributed by atoms with Crippen LogP contribution < -0.4 is 0 Å². The Hall–Kier alpha value is -2.09. The van der Waals surface area contributed by atoms with E-state index in [1.54, 1.807) is 12.3 Å². The Labute approximate surface area is 127 Å². The Morgan fingerprint density at radius 1 is 0.952 bits per heavy atom. The quantitative estimate of drug-likeness (QED) is 0.544. The van der Waals surface area contributed by atoms with Gasteiger partial charge in [-0.15, -0.1) is 0 Å². The number of nitrogens with zero attached hydrogens (tertiary/aromatic N) is 1. The molecule has 1 N–H and O–H groups in total. The maximum atomic E-state index is 9.77. The van der Waals surface area contributed by atoms with Crippen LogP contribution in [0.15, 0.2) is 53.5 Å². The van der Waals surface area contributed by atoms with Crippen molar-refractivity contribution in [3.05, 3.63) is 59.7 Å². The van der Waals surface area contributed by atoms with E-state index < -0.39 is 0 Å². The molecule has 0 aromatic heterocycles. The molecule has 0 aliphatic carbocycles. The van der Waals surface area contributed by atoms with Gasteiger partial charge in [0.05, 0.1) is 5.69 Å². The number of hydrogen-bond acceptors (Lipinski definition) is 2. The molecule has 2 aromatic rings. The number of benzene rings is 2. The lowest BCUT2D eigenvalue weighted by Gasteiger charge is -2.05. The van der Waals surface area contributed by atoms with Crippen LogP contribution in [0.2, 0.25) is 0 Å². The summed E-state index contributed by atoms with van der Waals surface area (Å²) in [5, 5.41) is 9.77. The second-order valence-corrected chi connectivity index (χ2v) is 5.26. The van der Waals surface area contributed by atoms with Crippen molar-refractivity contribution in [3.8, 4) is 5.75 Å². The van der Waals surface area contributed by atoms with Crippen LogP contribution in [-0.2, 0) is 6.42 Å². The fraction of sp³-hybridized carbons (Fsp3) is 0.316. The molecule has 0 bridgehead atoms. The molecule has 0 amide bonds. The number of aryl methyl sites for hydroxylation is 1. The molecule has 0 fully saturated rings. The zero-order valence-electron chi connectivity index (χ0n) is 12.6. The SMILES string of the molecule is CCCCCCc1ccccc1N=Cc1ccccc1O. The summed E-state index contributed by atoms with van der Waals surface area (Å²) in [6.45, 7) is 2.23. The van der Waals surface area contributed by atoms with Crippen LogP contribution in [-0.4, -0.2) is 11.3 Å². The summed E-state index contributed by atoms with van der Waals surface area (Å²) in [5.41, 5.74) is 3.02. The van der Waals surface area contributed by atoms with E-state index >= 15 is 0 Å². The Kier molecular flexibility index (Phi) is 6.01. The first kappa shape index (κ1) is 15.3. The molecule has 21 heavy (non-hydrogen) atoms. The molecule has 0 saturated heterocycles. The van der Waals surface area contributed by atoms with Crippen LogP contribution in [0.25, 0.3) is 0 Å². The van der Waals surface area contributed by atoms with E-state index in [0.717, 1.165) is 17.7 Å². The topological polar surface area (TPSA) is 32.6 Å². The number of aliphatic imine (C=N–C) groups is 1. The van der Waals surface area contributed by atoms with E-state index in [4.69, 9.17) is 0 Å². The Morgan fingerprint density at radius 3 is 2.52 bits per heavy atom. The molecule has 0 heterocycles. The van der Waals surface area contributed by atoms with Crippen LogP contribution in [0.4, 0.5) is 5.69 Å². The smallest absolute Gasteiger partial charge is 0.124 e. The molecule has 2 heteroatoms. The number of rotatable bonds is 7. The predicted molar refractivity (Wildman–Crippen MR) is 89.6 cm³/mol. The monoisotopic (exact) mass is 281 g/mol. The van der Waals surface area contributed by atoms with E-state index in [2.05, 4.69) is 24.0 Å². The number of unbranched alkanes of at least 4 members (excludes halogenated alkanes) is 3. The van der Waals surface area contributed by atoms with Crippen LogP contribution >= 0.6 is 0 Å². The van der Waals surface area contributed by atoms with Gasteiger partial charge in [0, 0.05) is 11.8 Å². The lowest BCUT2D eigenvalue weighted by Crippen LogP contribution is -1.88. The highest BCUT2D eigenvalue weighted by Gasteiger charge is 2.01. The first-order chi connectivity index (χ1) is 10.3. The van der Waals surface area contributed by atoms with Gasteiger partial charge in [-0.25, -0.2) is 0 Å². The minimum absolute atomic E-state index is 0.265. The molecule has 0 spiro atoms. The van der Waals surface area contributed by atoms with Crippen molar-refractivity contribution in [2.75, 3.05) is 0 Å². The molecule has 0 saturated carbocycles. The number of hydrogen-bond donors (Lipinski definition) is 1. The molecule has 2 rings (SSSR count). The van der Waals surface area contributed by atoms with Gasteiger partial charge in [0.2, 0.25) is 0 Å². The summed E-state index contributed by atoms with van der Waals surface area (Å²) >= 11 is 0. The zero-order chi connectivity index (χ0) is 14.9. The van der Waals surface area contributed by atoms with Crippen LogP contribution in [0, 0.1) is 0 Å². The summed E-state index contributed by atoms with van der Waals surface area (Å²) in [6.07, 6.45) is 7.83. The third-order valence-corrected chi connectivity index (χ3v) is 3.57. The summed E-state index contributed by atoms with van der Waals surface area (Å²) in [7, 11) is 0. The molecule has 0 aliphatic heterocycles. The lowest BCUT2D eigenvalue weighted by molar-refractivity contribution is 0.474. The van der Waals surface area contributed by atoms with Gasteiger partial charge in [-0.3, -0.25) is 4.99 Å². The van der Waals surface area contributed by atoms with Gasteiger partial charge >= 0.3 is 0 Å². The van der Waals surface area contributed by atoms with E-state index in [1.165, 1.54) is 31.2 Å². The Morgan fingerprint density at radius 2 is 1.71 bits per heavy atom. The van der Waals surface area contributed by atoms with Gasteiger partial charge in [-0.1, -0.05) is 56.5 Å². The summed E-state index contributed by atoms with van der Waals surface area (Å²) in [5.74, 6) is 0.265. The van der Waals surface area contributed by atoms with Gasteiger partial charge in [0.1, 0.15) is 5.75 Å². The fourth-order valence-corrected chi connectivity index (χ4v) is 2.33. The number of aromatic hydroxyl groups is 1. The van der Waals surface area contributed by atoms with Crippen LogP contribution in [0.1, 0.15) is 43.7 Å².